The number of carbonyl (C=O) groups is 2. The summed E-state index contributed by atoms with van der Waals surface area (Å²) in [5, 5.41) is 10.9. The Balaban J connectivity index is 1.66. The Bertz CT molecular complexity index is 1020. The highest BCUT2D eigenvalue weighted by molar-refractivity contribution is 6.46. The maximum absolute atomic E-state index is 13.5. The number of nitrogens with one attached hydrogen (secondary N) is 1. The van der Waals surface area contributed by atoms with Crippen LogP contribution in [0.4, 0.5) is 8.78 Å². The number of ketones is 1. The molecule has 0 aliphatic carbocycles. The lowest BCUT2D eigenvalue weighted by Gasteiger charge is -2.27. The van der Waals surface area contributed by atoms with E-state index >= 15 is 0 Å². The van der Waals surface area contributed by atoms with Crippen molar-refractivity contribution < 1.29 is 33.1 Å². The summed E-state index contributed by atoms with van der Waals surface area (Å²) >= 11 is 0. The molecule has 0 saturated carbocycles. The summed E-state index contributed by atoms with van der Waals surface area (Å²) in [6, 6.07) is 9.71. The average Bonchev–Trinajstić information content (AvgIpc) is 3.05. The Morgan fingerprint density at radius 2 is 1.59 bits per heavy atom. The molecule has 32 heavy (non-hydrogen) atoms. The lowest BCUT2D eigenvalue weighted by molar-refractivity contribution is -0.908. The van der Waals surface area contributed by atoms with Gasteiger partial charge in [-0.1, -0.05) is 12.1 Å². The van der Waals surface area contributed by atoms with Gasteiger partial charge in [0, 0.05) is 18.5 Å². The molecule has 168 valence electrons. The Kier molecular flexibility index (Phi) is 6.62. The van der Waals surface area contributed by atoms with Gasteiger partial charge in [-0.05, 0) is 42.0 Å². The zero-order valence-corrected chi connectivity index (χ0v) is 17.5. The number of benzene rings is 2. The van der Waals surface area contributed by atoms with Gasteiger partial charge in [0.05, 0.1) is 31.4 Å². The number of hydrogen-bond donors (Lipinski definition) is 2. The minimum atomic E-state index is -0.847. The first kappa shape index (κ1) is 22.1. The van der Waals surface area contributed by atoms with E-state index in [1.807, 2.05) is 0 Å². The van der Waals surface area contributed by atoms with E-state index in [-0.39, 0.29) is 16.9 Å². The quantitative estimate of drug-likeness (QED) is 0.405. The largest absolute Gasteiger partial charge is 0.507 e. The SMILES string of the molecule is O=C1C(=O)N(CCC[NH+]2CCOCC2)[C@H](c2ccc(F)cc2)C1=C(O)c1ccc(F)cc1. The van der Waals surface area contributed by atoms with Crippen molar-refractivity contribution in [2.24, 2.45) is 0 Å². The van der Waals surface area contributed by atoms with Crippen molar-refractivity contribution in [3.05, 3.63) is 76.9 Å². The van der Waals surface area contributed by atoms with Gasteiger partial charge >= 0.3 is 0 Å². The summed E-state index contributed by atoms with van der Waals surface area (Å²) in [6.45, 7) is 4.33. The Morgan fingerprint density at radius 3 is 2.22 bits per heavy atom. The molecule has 8 heteroatoms. The van der Waals surface area contributed by atoms with Crippen molar-refractivity contribution in [1.82, 2.24) is 4.90 Å². The summed E-state index contributed by atoms with van der Waals surface area (Å²) < 4.78 is 32.2. The second-order valence-electron chi connectivity index (χ2n) is 8.02. The molecular weight excluding hydrogens is 418 g/mol. The number of Topliss-reactive ketones (excluding diaryl/α,β-unsaturated/α-hetero) is 1. The zero-order valence-electron chi connectivity index (χ0n) is 17.5. The highest BCUT2D eigenvalue weighted by Crippen LogP contribution is 2.39. The normalized spacial score (nSPS) is 21.3. The topological polar surface area (TPSA) is 71.3 Å². The number of carbonyl (C=O) groups excluding carboxylic acids is 2. The van der Waals surface area contributed by atoms with E-state index in [1.54, 1.807) is 0 Å². The van der Waals surface area contributed by atoms with Gasteiger partial charge < -0.3 is 19.6 Å². The van der Waals surface area contributed by atoms with Crippen LogP contribution < -0.4 is 4.90 Å². The Hall–Kier alpha value is -3.10. The molecule has 2 aliphatic heterocycles. The number of morpholine rings is 1. The number of aliphatic hydroxyl groups is 1. The first-order chi connectivity index (χ1) is 15.5. The number of hydrogen-bond acceptors (Lipinski definition) is 4. The van der Waals surface area contributed by atoms with Gasteiger partial charge in [0.2, 0.25) is 0 Å². The predicted octanol–water partition coefficient (Wildman–Crippen LogP) is 1.69. The van der Waals surface area contributed by atoms with Gasteiger partial charge in [0.15, 0.2) is 0 Å². The average molecular weight is 443 g/mol. The third-order valence-electron chi connectivity index (χ3n) is 5.97. The first-order valence-corrected chi connectivity index (χ1v) is 10.7. The van der Waals surface area contributed by atoms with Crippen LogP contribution in [0.1, 0.15) is 23.6 Å². The Labute approximate surface area is 184 Å². The van der Waals surface area contributed by atoms with Gasteiger partial charge in [0.25, 0.3) is 11.7 Å². The van der Waals surface area contributed by atoms with Crippen molar-refractivity contribution in [3.8, 4) is 0 Å². The van der Waals surface area contributed by atoms with Crippen LogP contribution in [-0.4, -0.2) is 61.1 Å². The van der Waals surface area contributed by atoms with Crippen LogP contribution in [0.3, 0.4) is 0 Å². The first-order valence-electron chi connectivity index (χ1n) is 10.7. The highest BCUT2D eigenvalue weighted by atomic mass is 19.1. The molecule has 4 rings (SSSR count). The number of halogens is 2. The summed E-state index contributed by atoms with van der Waals surface area (Å²) in [5.74, 6) is -2.82. The molecule has 2 saturated heterocycles. The van der Waals surface area contributed by atoms with E-state index in [1.165, 1.54) is 58.3 Å². The summed E-state index contributed by atoms with van der Waals surface area (Å²) in [4.78, 5) is 28.7. The summed E-state index contributed by atoms with van der Waals surface area (Å²) in [7, 11) is 0. The van der Waals surface area contributed by atoms with Crippen LogP contribution in [0.15, 0.2) is 54.1 Å². The van der Waals surface area contributed by atoms with E-state index in [0.29, 0.717) is 31.7 Å². The second kappa shape index (κ2) is 9.58. The minimum Gasteiger partial charge on any atom is -0.507 e. The van der Waals surface area contributed by atoms with E-state index in [0.717, 1.165) is 19.6 Å². The fraction of sp³-hybridized carbons (Fsp3) is 0.333. The molecule has 0 unspecified atom stereocenters. The van der Waals surface area contributed by atoms with Gasteiger partial charge in [-0.3, -0.25) is 9.59 Å². The maximum atomic E-state index is 13.5. The van der Waals surface area contributed by atoms with Crippen LogP contribution in [0.25, 0.3) is 5.76 Å². The molecule has 6 nitrogen and oxygen atoms in total. The third kappa shape index (κ3) is 4.56. The monoisotopic (exact) mass is 443 g/mol. The van der Waals surface area contributed by atoms with Crippen molar-refractivity contribution in [2.45, 2.75) is 12.5 Å². The summed E-state index contributed by atoms with van der Waals surface area (Å²) in [6.07, 6.45) is 0.663. The number of ether oxygens (including phenoxy) is 1. The number of quaternary nitrogens is 1. The molecule has 1 atom stereocenters. The highest BCUT2D eigenvalue weighted by Gasteiger charge is 2.45. The van der Waals surface area contributed by atoms with Crippen LogP contribution >= 0.6 is 0 Å². The molecule has 2 N–H and O–H groups in total. The zero-order chi connectivity index (χ0) is 22.7. The molecule has 2 heterocycles. The maximum Gasteiger partial charge on any atom is 0.295 e. The van der Waals surface area contributed by atoms with Crippen LogP contribution in [0, 0.1) is 11.6 Å². The smallest absolute Gasteiger partial charge is 0.295 e. The fourth-order valence-electron chi connectivity index (χ4n) is 4.28. The second-order valence-corrected chi connectivity index (χ2v) is 8.02. The molecule has 0 spiro atoms. The predicted molar refractivity (Wildman–Crippen MR) is 113 cm³/mol. The Morgan fingerprint density at radius 1 is 1.00 bits per heavy atom. The van der Waals surface area contributed by atoms with E-state index in [9.17, 15) is 23.5 Å². The molecular formula is C24H25F2N2O4+. The number of likely N-dealkylation sites (tertiary alicyclic amines) is 1. The molecule has 2 aromatic carbocycles. The molecule has 0 aromatic heterocycles. The minimum absolute atomic E-state index is 0.0769. The van der Waals surface area contributed by atoms with Crippen LogP contribution in [0.5, 0.6) is 0 Å². The number of rotatable bonds is 6. The molecule has 0 radical (unpaired) electrons. The fourth-order valence-corrected chi connectivity index (χ4v) is 4.28. The van der Waals surface area contributed by atoms with Crippen molar-refractivity contribution >= 4 is 17.4 Å². The molecule has 2 aliphatic rings. The number of aliphatic hydroxyl groups excluding tert-OH is 1. The van der Waals surface area contributed by atoms with E-state index < -0.39 is 29.4 Å². The number of nitrogens with zero attached hydrogens (tertiary/aromatic N) is 1. The molecule has 1 amide bonds. The van der Waals surface area contributed by atoms with Crippen LogP contribution in [0.2, 0.25) is 0 Å². The van der Waals surface area contributed by atoms with Crippen molar-refractivity contribution in [3.63, 3.8) is 0 Å². The van der Waals surface area contributed by atoms with Gasteiger partial charge in [-0.2, -0.15) is 0 Å². The van der Waals surface area contributed by atoms with Crippen molar-refractivity contribution in [2.75, 3.05) is 39.4 Å². The van der Waals surface area contributed by atoms with E-state index in [2.05, 4.69) is 0 Å². The summed E-state index contributed by atoms with van der Waals surface area (Å²) in [5.41, 5.74) is 0.675. The standard InChI is InChI=1S/C24H24F2N2O4/c25-18-6-2-16(3-7-18)21-20(22(29)17-4-8-19(26)9-5-17)23(30)24(31)28(21)11-1-10-27-12-14-32-15-13-27/h2-9,21,29H,1,10-15H2/p+1/t21-/m1/s1. The van der Waals surface area contributed by atoms with Gasteiger partial charge in [-0.15, -0.1) is 0 Å². The molecule has 2 fully saturated rings. The van der Waals surface area contributed by atoms with Gasteiger partial charge in [-0.25, -0.2) is 8.78 Å². The van der Waals surface area contributed by atoms with Crippen LogP contribution in [-0.2, 0) is 14.3 Å². The van der Waals surface area contributed by atoms with Crippen molar-refractivity contribution in [1.29, 1.82) is 0 Å². The molecule has 0 bridgehead atoms. The van der Waals surface area contributed by atoms with E-state index in [4.69, 9.17) is 4.74 Å². The molecule has 2 aromatic rings. The third-order valence-corrected chi connectivity index (χ3v) is 5.97. The lowest BCUT2D eigenvalue weighted by atomic mass is 9.95. The number of amides is 1. The lowest BCUT2D eigenvalue weighted by Crippen LogP contribution is -3.14. The van der Waals surface area contributed by atoms with Gasteiger partial charge in [0.1, 0.15) is 30.5 Å².